The summed E-state index contributed by atoms with van der Waals surface area (Å²) in [5, 5.41) is 3.47. The Morgan fingerprint density at radius 2 is 1.75 bits per heavy atom. The molecule has 1 aliphatic rings. The van der Waals surface area contributed by atoms with Gasteiger partial charge >= 0.3 is 0 Å². The first-order valence-electron chi connectivity index (χ1n) is 6.91. The molecule has 0 aliphatic heterocycles. The van der Waals surface area contributed by atoms with Crippen LogP contribution >= 0.6 is 0 Å². The summed E-state index contributed by atoms with van der Waals surface area (Å²) < 4.78 is 18.8. The molecule has 20 heavy (non-hydrogen) atoms. The Labute approximate surface area is 118 Å². The number of hydrogen-bond acceptors (Lipinski definition) is 2. The zero-order chi connectivity index (χ0) is 13.9. The minimum atomic E-state index is -0.0830. The first-order chi connectivity index (χ1) is 9.76. The summed E-state index contributed by atoms with van der Waals surface area (Å²) >= 11 is 0. The number of hydrogen-bond donors (Lipinski definition) is 1. The number of nitrogens with one attached hydrogen (secondary N) is 1. The van der Waals surface area contributed by atoms with Gasteiger partial charge in [0.2, 0.25) is 0 Å². The highest BCUT2D eigenvalue weighted by molar-refractivity contribution is 5.48. The molecule has 0 heterocycles. The van der Waals surface area contributed by atoms with Gasteiger partial charge in [-0.1, -0.05) is 18.2 Å². The maximum absolute atomic E-state index is 13.7. The van der Waals surface area contributed by atoms with Crippen LogP contribution in [0.1, 0.15) is 24.3 Å². The molecule has 0 aromatic heterocycles. The SMILES string of the molecule is COc1ccc(NC2CC(c3ccccc3F)C2)cc1. The van der Waals surface area contributed by atoms with Gasteiger partial charge in [-0.15, -0.1) is 0 Å². The largest absolute Gasteiger partial charge is 0.497 e. The molecule has 0 unspecified atom stereocenters. The van der Waals surface area contributed by atoms with Crippen molar-refractivity contribution in [2.24, 2.45) is 0 Å². The fourth-order valence-corrected chi connectivity index (χ4v) is 2.72. The fraction of sp³-hybridized carbons (Fsp3) is 0.294. The summed E-state index contributed by atoms with van der Waals surface area (Å²) in [7, 11) is 1.66. The molecule has 0 atom stereocenters. The second kappa shape index (κ2) is 5.53. The van der Waals surface area contributed by atoms with Crippen LogP contribution in [0.5, 0.6) is 5.75 Å². The van der Waals surface area contributed by atoms with Crippen molar-refractivity contribution in [2.75, 3.05) is 12.4 Å². The summed E-state index contributed by atoms with van der Waals surface area (Å²) in [5.41, 5.74) is 1.93. The van der Waals surface area contributed by atoms with Gasteiger partial charge in [0, 0.05) is 11.7 Å². The lowest BCUT2D eigenvalue weighted by molar-refractivity contribution is 0.363. The topological polar surface area (TPSA) is 21.3 Å². The molecule has 0 spiro atoms. The number of methoxy groups -OCH3 is 1. The molecule has 1 aliphatic carbocycles. The van der Waals surface area contributed by atoms with E-state index in [1.54, 1.807) is 19.2 Å². The third-order valence-corrected chi connectivity index (χ3v) is 3.94. The van der Waals surface area contributed by atoms with Crippen molar-refractivity contribution in [3.63, 3.8) is 0 Å². The van der Waals surface area contributed by atoms with E-state index < -0.39 is 0 Å². The van der Waals surface area contributed by atoms with E-state index in [4.69, 9.17) is 4.74 Å². The predicted octanol–water partition coefficient (Wildman–Crippen LogP) is 4.19. The van der Waals surface area contributed by atoms with Crippen molar-refractivity contribution in [1.82, 2.24) is 0 Å². The molecule has 1 fully saturated rings. The second-order valence-corrected chi connectivity index (χ2v) is 5.26. The number of rotatable bonds is 4. The molecule has 2 nitrogen and oxygen atoms in total. The van der Waals surface area contributed by atoms with Crippen LogP contribution in [0, 0.1) is 5.82 Å². The molecule has 0 amide bonds. The van der Waals surface area contributed by atoms with E-state index in [9.17, 15) is 4.39 Å². The Morgan fingerprint density at radius 3 is 2.40 bits per heavy atom. The highest BCUT2D eigenvalue weighted by Crippen LogP contribution is 2.39. The molecule has 0 bridgehead atoms. The summed E-state index contributed by atoms with van der Waals surface area (Å²) in [6.45, 7) is 0. The fourth-order valence-electron chi connectivity index (χ4n) is 2.72. The van der Waals surface area contributed by atoms with Gasteiger partial charge in [0.05, 0.1) is 7.11 Å². The third kappa shape index (κ3) is 2.62. The maximum Gasteiger partial charge on any atom is 0.126 e. The molecule has 2 aromatic rings. The molecule has 1 N–H and O–H groups in total. The van der Waals surface area contributed by atoms with Crippen LogP contribution in [0.4, 0.5) is 10.1 Å². The first kappa shape index (κ1) is 13.0. The van der Waals surface area contributed by atoms with Crippen molar-refractivity contribution in [1.29, 1.82) is 0 Å². The standard InChI is InChI=1S/C17H18FNO/c1-20-15-8-6-13(7-9-15)19-14-10-12(11-14)16-4-2-3-5-17(16)18/h2-9,12,14,19H,10-11H2,1H3. The lowest BCUT2D eigenvalue weighted by atomic mass is 9.75. The summed E-state index contributed by atoms with van der Waals surface area (Å²) in [4.78, 5) is 0. The molecule has 1 saturated carbocycles. The average Bonchev–Trinajstić information content (AvgIpc) is 2.44. The smallest absolute Gasteiger partial charge is 0.126 e. The number of anilines is 1. The van der Waals surface area contributed by atoms with Crippen molar-refractivity contribution >= 4 is 5.69 Å². The quantitative estimate of drug-likeness (QED) is 0.900. The van der Waals surface area contributed by atoms with Gasteiger partial charge in [-0.05, 0) is 54.7 Å². The molecule has 3 heteroatoms. The summed E-state index contributed by atoms with van der Waals surface area (Å²) in [6, 6.07) is 15.4. The number of benzene rings is 2. The van der Waals surface area contributed by atoms with Gasteiger partial charge in [-0.3, -0.25) is 0 Å². The van der Waals surface area contributed by atoms with E-state index >= 15 is 0 Å². The third-order valence-electron chi connectivity index (χ3n) is 3.94. The molecule has 104 valence electrons. The lowest BCUT2D eigenvalue weighted by Gasteiger charge is -2.37. The minimum absolute atomic E-state index is 0.0830. The zero-order valence-electron chi connectivity index (χ0n) is 11.5. The lowest BCUT2D eigenvalue weighted by Crippen LogP contribution is -2.34. The van der Waals surface area contributed by atoms with Crippen molar-refractivity contribution < 1.29 is 9.13 Å². The van der Waals surface area contributed by atoms with Crippen LogP contribution in [0.25, 0.3) is 0 Å². The minimum Gasteiger partial charge on any atom is -0.497 e. The van der Waals surface area contributed by atoms with Crippen LogP contribution in [-0.2, 0) is 0 Å². The highest BCUT2D eigenvalue weighted by Gasteiger charge is 2.31. The number of ether oxygens (including phenoxy) is 1. The Hall–Kier alpha value is -2.03. The van der Waals surface area contributed by atoms with E-state index in [-0.39, 0.29) is 5.82 Å². The molecular weight excluding hydrogens is 253 g/mol. The molecule has 3 rings (SSSR count). The van der Waals surface area contributed by atoms with Gasteiger partial charge in [-0.25, -0.2) is 4.39 Å². The zero-order valence-corrected chi connectivity index (χ0v) is 11.5. The Morgan fingerprint density at radius 1 is 1.05 bits per heavy atom. The molecule has 0 radical (unpaired) electrons. The highest BCUT2D eigenvalue weighted by atomic mass is 19.1. The Kier molecular flexibility index (Phi) is 3.59. The monoisotopic (exact) mass is 271 g/mol. The van der Waals surface area contributed by atoms with Crippen molar-refractivity contribution in [3.05, 3.63) is 59.9 Å². The van der Waals surface area contributed by atoms with Crippen LogP contribution < -0.4 is 10.1 Å². The Balaban J connectivity index is 1.56. The average molecular weight is 271 g/mol. The normalized spacial score (nSPS) is 21.1. The van der Waals surface area contributed by atoms with Crippen molar-refractivity contribution in [2.45, 2.75) is 24.8 Å². The van der Waals surface area contributed by atoms with Gasteiger partial charge in [0.25, 0.3) is 0 Å². The maximum atomic E-state index is 13.7. The van der Waals surface area contributed by atoms with E-state index in [0.29, 0.717) is 12.0 Å². The van der Waals surface area contributed by atoms with E-state index in [1.165, 1.54) is 0 Å². The van der Waals surface area contributed by atoms with Crippen LogP contribution in [-0.4, -0.2) is 13.2 Å². The molecule has 0 saturated heterocycles. The Bertz CT molecular complexity index is 576. The van der Waals surface area contributed by atoms with Crippen LogP contribution in [0.2, 0.25) is 0 Å². The van der Waals surface area contributed by atoms with Gasteiger partial charge < -0.3 is 10.1 Å². The van der Waals surface area contributed by atoms with Gasteiger partial charge in [-0.2, -0.15) is 0 Å². The van der Waals surface area contributed by atoms with Crippen LogP contribution in [0.15, 0.2) is 48.5 Å². The summed E-state index contributed by atoms with van der Waals surface area (Å²) in [6.07, 6.45) is 1.96. The second-order valence-electron chi connectivity index (χ2n) is 5.26. The van der Waals surface area contributed by atoms with E-state index in [1.807, 2.05) is 36.4 Å². The summed E-state index contributed by atoms with van der Waals surface area (Å²) in [5.74, 6) is 1.11. The first-order valence-corrected chi connectivity index (χ1v) is 6.91. The van der Waals surface area contributed by atoms with E-state index in [0.717, 1.165) is 29.8 Å². The van der Waals surface area contributed by atoms with Crippen LogP contribution in [0.3, 0.4) is 0 Å². The van der Waals surface area contributed by atoms with Crippen molar-refractivity contribution in [3.8, 4) is 5.75 Å². The predicted molar refractivity (Wildman–Crippen MR) is 78.8 cm³/mol. The molecular formula is C17H18FNO. The molecule has 2 aromatic carbocycles. The number of halogens is 1. The van der Waals surface area contributed by atoms with Gasteiger partial charge in [0.15, 0.2) is 0 Å². The van der Waals surface area contributed by atoms with Gasteiger partial charge in [0.1, 0.15) is 11.6 Å². The van der Waals surface area contributed by atoms with E-state index in [2.05, 4.69) is 5.32 Å².